The molecule has 0 fully saturated rings. The van der Waals surface area contributed by atoms with Gasteiger partial charge in [-0.25, -0.2) is 8.42 Å². The third kappa shape index (κ3) is 5.03. The fraction of sp³-hybridized carbons (Fsp3) is 0.429. The van der Waals surface area contributed by atoms with E-state index >= 15 is 0 Å². The highest BCUT2D eigenvalue weighted by Gasteiger charge is 2.17. The van der Waals surface area contributed by atoms with Gasteiger partial charge < -0.3 is 5.32 Å². The summed E-state index contributed by atoms with van der Waals surface area (Å²) in [4.78, 5) is 0. The third-order valence-electron chi connectivity index (χ3n) is 2.74. The first kappa shape index (κ1) is 15.7. The molecule has 1 aromatic rings. The van der Waals surface area contributed by atoms with Gasteiger partial charge in [-0.15, -0.1) is 6.42 Å². The monoisotopic (exact) mass is 280 g/mol. The average Bonchev–Trinajstić information content (AvgIpc) is 2.38. The Bertz CT molecular complexity index is 530. The van der Waals surface area contributed by atoms with E-state index in [9.17, 15) is 8.42 Å². The van der Waals surface area contributed by atoms with Gasteiger partial charge in [-0.2, -0.15) is 4.31 Å². The zero-order valence-corrected chi connectivity index (χ0v) is 12.2. The first-order chi connectivity index (χ1) is 8.99. The van der Waals surface area contributed by atoms with Crippen LogP contribution in [-0.4, -0.2) is 32.9 Å². The van der Waals surface area contributed by atoms with Crippen molar-refractivity contribution in [3.8, 4) is 12.3 Å². The van der Waals surface area contributed by atoms with Gasteiger partial charge in [0.1, 0.15) is 0 Å². The summed E-state index contributed by atoms with van der Waals surface area (Å²) in [6, 6.07) is 7.56. The maximum atomic E-state index is 12.0. The smallest absolute Gasteiger partial charge is 0.218 e. The van der Waals surface area contributed by atoms with Crippen molar-refractivity contribution < 1.29 is 8.42 Å². The molecule has 19 heavy (non-hydrogen) atoms. The molecule has 0 aliphatic rings. The van der Waals surface area contributed by atoms with Crippen molar-refractivity contribution in [2.24, 2.45) is 0 Å². The van der Waals surface area contributed by atoms with Crippen molar-refractivity contribution in [3.63, 3.8) is 0 Å². The van der Waals surface area contributed by atoms with E-state index in [4.69, 9.17) is 6.42 Å². The number of terminal acetylenes is 1. The number of nitrogens with zero attached hydrogens (tertiary/aromatic N) is 1. The maximum Gasteiger partial charge on any atom is 0.218 e. The normalized spacial score (nSPS) is 11.5. The Morgan fingerprint density at radius 2 is 1.84 bits per heavy atom. The van der Waals surface area contributed by atoms with Gasteiger partial charge in [0.2, 0.25) is 10.0 Å². The molecule has 0 aromatic heterocycles. The Labute approximate surface area is 115 Å². The lowest BCUT2D eigenvalue weighted by Crippen LogP contribution is -2.28. The quantitative estimate of drug-likeness (QED) is 0.763. The molecule has 104 valence electrons. The molecule has 0 spiro atoms. The predicted octanol–water partition coefficient (Wildman–Crippen LogP) is 1.19. The maximum absolute atomic E-state index is 12.0. The molecule has 0 saturated carbocycles. The van der Waals surface area contributed by atoms with E-state index in [0.717, 1.165) is 24.2 Å². The molecular formula is C14H20N2O2S. The minimum atomic E-state index is -3.33. The van der Waals surface area contributed by atoms with Crippen LogP contribution in [0.1, 0.15) is 18.1 Å². The summed E-state index contributed by atoms with van der Waals surface area (Å²) in [5, 5.41) is 3.22. The van der Waals surface area contributed by atoms with Crippen molar-refractivity contribution in [1.82, 2.24) is 9.62 Å². The van der Waals surface area contributed by atoms with Gasteiger partial charge in [0, 0.05) is 13.6 Å². The lowest BCUT2D eigenvalue weighted by molar-refractivity contribution is 0.502. The minimum absolute atomic E-state index is 0.0212. The lowest BCUT2D eigenvalue weighted by Gasteiger charge is -2.14. The van der Waals surface area contributed by atoms with Crippen molar-refractivity contribution in [1.29, 1.82) is 0 Å². The van der Waals surface area contributed by atoms with E-state index in [1.165, 1.54) is 11.4 Å². The van der Waals surface area contributed by atoms with E-state index in [-0.39, 0.29) is 12.3 Å². The molecule has 0 aliphatic carbocycles. The fourth-order valence-electron chi connectivity index (χ4n) is 1.57. The Morgan fingerprint density at radius 3 is 2.37 bits per heavy atom. The molecule has 0 bridgehead atoms. The van der Waals surface area contributed by atoms with Gasteiger partial charge in [-0.1, -0.05) is 37.1 Å². The molecule has 5 heteroatoms. The van der Waals surface area contributed by atoms with Crippen LogP contribution in [-0.2, 0) is 22.3 Å². The van der Waals surface area contributed by atoms with E-state index < -0.39 is 10.0 Å². The number of hydrogen-bond acceptors (Lipinski definition) is 3. The van der Waals surface area contributed by atoms with Crippen molar-refractivity contribution in [2.75, 3.05) is 20.1 Å². The second kappa shape index (κ2) is 7.29. The molecule has 0 heterocycles. The van der Waals surface area contributed by atoms with E-state index in [1.807, 2.05) is 31.2 Å². The minimum Gasteiger partial charge on any atom is -0.313 e. The predicted molar refractivity (Wildman–Crippen MR) is 77.9 cm³/mol. The summed E-state index contributed by atoms with van der Waals surface area (Å²) < 4.78 is 25.1. The highest BCUT2D eigenvalue weighted by molar-refractivity contribution is 7.88. The molecule has 0 unspecified atom stereocenters. The van der Waals surface area contributed by atoms with Crippen LogP contribution in [0.5, 0.6) is 0 Å². The van der Waals surface area contributed by atoms with Crippen LogP contribution in [0.25, 0.3) is 0 Å². The summed E-state index contributed by atoms with van der Waals surface area (Å²) in [5.41, 5.74) is 1.91. The second-order valence-electron chi connectivity index (χ2n) is 4.31. The van der Waals surface area contributed by atoms with Crippen molar-refractivity contribution >= 4 is 10.0 Å². The molecule has 0 amide bonds. The number of nitrogens with one attached hydrogen (secondary N) is 1. The van der Waals surface area contributed by atoms with Crippen LogP contribution in [0.4, 0.5) is 0 Å². The Morgan fingerprint density at radius 1 is 1.26 bits per heavy atom. The SMILES string of the molecule is C#CCN(C)S(=O)(=O)Cc1ccc(CNCC)cc1. The van der Waals surface area contributed by atoms with Gasteiger partial charge in [0.15, 0.2) is 0 Å². The zero-order valence-electron chi connectivity index (χ0n) is 11.4. The van der Waals surface area contributed by atoms with E-state index in [1.54, 1.807) is 0 Å². The summed E-state index contributed by atoms with van der Waals surface area (Å²) in [7, 11) is -1.84. The van der Waals surface area contributed by atoms with Gasteiger partial charge in [-0.3, -0.25) is 0 Å². The molecule has 0 radical (unpaired) electrons. The molecule has 0 saturated heterocycles. The summed E-state index contributed by atoms with van der Waals surface area (Å²) >= 11 is 0. The standard InChI is InChI=1S/C14H20N2O2S/c1-4-10-16(3)19(17,18)12-14-8-6-13(7-9-14)11-15-5-2/h1,6-9,15H,5,10-12H2,2-3H3. The summed E-state index contributed by atoms with van der Waals surface area (Å²) in [5.74, 6) is 2.31. The number of benzene rings is 1. The lowest BCUT2D eigenvalue weighted by atomic mass is 10.1. The van der Waals surface area contributed by atoms with Crippen LogP contribution < -0.4 is 5.32 Å². The number of sulfonamides is 1. The van der Waals surface area contributed by atoms with Crippen molar-refractivity contribution in [3.05, 3.63) is 35.4 Å². The highest BCUT2D eigenvalue weighted by atomic mass is 32.2. The van der Waals surface area contributed by atoms with Gasteiger partial charge in [0.05, 0.1) is 12.3 Å². The Hall–Kier alpha value is -1.35. The van der Waals surface area contributed by atoms with E-state index in [2.05, 4.69) is 11.2 Å². The molecule has 4 nitrogen and oxygen atoms in total. The Kier molecular flexibility index (Phi) is 6.03. The third-order valence-corrected chi connectivity index (χ3v) is 4.52. The first-order valence-corrected chi connectivity index (χ1v) is 7.76. The molecular weight excluding hydrogens is 260 g/mol. The Balaban J connectivity index is 2.70. The molecule has 0 aliphatic heterocycles. The molecule has 1 N–H and O–H groups in total. The molecule has 0 atom stereocenters. The first-order valence-electron chi connectivity index (χ1n) is 6.15. The topological polar surface area (TPSA) is 49.4 Å². The van der Waals surface area contributed by atoms with Crippen LogP contribution in [0, 0.1) is 12.3 Å². The molecule has 1 aromatic carbocycles. The number of rotatable bonds is 7. The largest absolute Gasteiger partial charge is 0.313 e. The van der Waals surface area contributed by atoms with Gasteiger partial charge in [-0.05, 0) is 17.7 Å². The van der Waals surface area contributed by atoms with E-state index in [0.29, 0.717) is 0 Å². The highest BCUT2D eigenvalue weighted by Crippen LogP contribution is 2.11. The van der Waals surface area contributed by atoms with Crippen LogP contribution in [0.3, 0.4) is 0 Å². The number of hydrogen-bond donors (Lipinski definition) is 1. The second-order valence-corrected chi connectivity index (χ2v) is 6.39. The zero-order chi connectivity index (χ0) is 14.3. The van der Waals surface area contributed by atoms with Crippen LogP contribution in [0.2, 0.25) is 0 Å². The van der Waals surface area contributed by atoms with Crippen LogP contribution in [0.15, 0.2) is 24.3 Å². The summed E-state index contributed by atoms with van der Waals surface area (Å²) in [6.07, 6.45) is 5.12. The van der Waals surface area contributed by atoms with Gasteiger partial charge in [0.25, 0.3) is 0 Å². The average molecular weight is 280 g/mol. The van der Waals surface area contributed by atoms with Crippen molar-refractivity contribution in [2.45, 2.75) is 19.2 Å². The fourth-order valence-corrected chi connectivity index (χ4v) is 2.68. The van der Waals surface area contributed by atoms with Gasteiger partial charge >= 0.3 is 0 Å². The summed E-state index contributed by atoms with van der Waals surface area (Å²) in [6.45, 7) is 3.84. The van der Waals surface area contributed by atoms with Crippen LogP contribution >= 0.6 is 0 Å². The molecule has 1 rings (SSSR count).